The predicted molar refractivity (Wildman–Crippen MR) is 53.6 cm³/mol. The first-order valence-corrected chi connectivity index (χ1v) is 4.62. The van der Waals surface area contributed by atoms with Crippen LogP contribution < -0.4 is 0 Å². The van der Waals surface area contributed by atoms with Crippen LogP contribution in [-0.4, -0.2) is 27.5 Å². The lowest BCUT2D eigenvalue weighted by Crippen LogP contribution is -2.26. The second-order valence-corrected chi connectivity index (χ2v) is 4.12. The van der Waals surface area contributed by atoms with E-state index >= 15 is 0 Å². The molecule has 0 radical (unpaired) electrons. The summed E-state index contributed by atoms with van der Waals surface area (Å²) in [7, 11) is 0. The fourth-order valence-electron chi connectivity index (χ4n) is 0.969. The number of nitrogens with zero attached hydrogens (tertiary/aromatic N) is 2. The van der Waals surface area contributed by atoms with Crippen LogP contribution in [0.25, 0.3) is 0 Å². The minimum Gasteiger partial charge on any atom is -0.443 e. The van der Waals surface area contributed by atoms with Crippen molar-refractivity contribution in [3.63, 3.8) is 0 Å². The zero-order valence-corrected chi connectivity index (χ0v) is 9.06. The highest BCUT2D eigenvalue weighted by atomic mass is 16.6. The zero-order valence-electron chi connectivity index (χ0n) is 9.06. The fourth-order valence-corrected chi connectivity index (χ4v) is 0.969. The van der Waals surface area contributed by atoms with Gasteiger partial charge in [-0.25, -0.2) is 14.3 Å². The maximum Gasteiger partial charge on any atom is 0.419 e. The summed E-state index contributed by atoms with van der Waals surface area (Å²) in [6.07, 6.45) is 3.28. The molecule has 0 unspecified atom stereocenters. The van der Waals surface area contributed by atoms with Crippen molar-refractivity contribution in [3.05, 3.63) is 18.2 Å². The van der Waals surface area contributed by atoms with E-state index in [4.69, 9.17) is 4.74 Å². The Morgan fingerprint density at radius 1 is 1.60 bits per heavy atom. The third kappa shape index (κ3) is 3.53. The van der Waals surface area contributed by atoms with Crippen molar-refractivity contribution >= 4 is 12.4 Å². The lowest BCUT2D eigenvalue weighted by Gasteiger charge is -2.18. The van der Waals surface area contributed by atoms with E-state index in [1.54, 1.807) is 20.8 Å². The molecule has 1 heterocycles. The van der Waals surface area contributed by atoms with Gasteiger partial charge in [-0.05, 0) is 20.8 Å². The Labute approximate surface area is 88.1 Å². The van der Waals surface area contributed by atoms with Crippen molar-refractivity contribution in [2.24, 2.45) is 0 Å². The van der Waals surface area contributed by atoms with E-state index in [0.717, 1.165) is 6.29 Å². The number of carbonyl (C=O) groups is 2. The Morgan fingerprint density at radius 2 is 2.27 bits per heavy atom. The van der Waals surface area contributed by atoms with Crippen LogP contribution in [-0.2, 0) is 16.0 Å². The van der Waals surface area contributed by atoms with E-state index in [-0.39, 0.29) is 6.42 Å². The summed E-state index contributed by atoms with van der Waals surface area (Å²) in [6.45, 7) is 5.36. The molecular weight excluding hydrogens is 196 g/mol. The highest BCUT2D eigenvalue weighted by Crippen LogP contribution is 2.09. The second-order valence-electron chi connectivity index (χ2n) is 4.12. The van der Waals surface area contributed by atoms with Gasteiger partial charge in [0.05, 0.1) is 5.69 Å². The summed E-state index contributed by atoms with van der Waals surface area (Å²) in [5.41, 5.74) is 0.0162. The van der Waals surface area contributed by atoms with Gasteiger partial charge < -0.3 is 9.53 Å². The molecule has 0 bridgehead atoms. The number of hydrogen-bond donors (Lipinski definition) is 0. The minimum atomic E-state index is -0.536. The third-order valence-electron chi connectivity index (χ3n) is 1.53. The molecule has 0 aliphatic carbocycles. The molecule has 1 aromatic rings. The molecular formula is C10H14N2O3. The van der Waals surface area contributed by atoms with Crippen LogP contribution in [0.3, 0.4) is 0 Å². The first-order valence-electron chi connectivity index (χ1n) is 4.62. The Hall–Kier alpha value is -1.65. The van der Waals surface area contributed by atoms with Crippen molar-refractivity contribution in [2.45, 2.75) is 32.8 Å². The summed E-state index contributed by atoms with van der Waals surface area (Å²) in [5.74, 6) is 0. The zero-order chi connectivity index (χ0) is 11.5. The van der Waals surface area contributed by atoms with Crippen molar-refractivity contribution in [2.75, 3.05) is 0 Å². The molecule has 0 atom stereocenters. The van der Waals surface area contributed by atoms with Crippen LogP contribution >= 0.6 is 0 Å². The third-order valence-corrected chi connectivity index (χ3v) is 1.53. The Balaban J connectivity index is 2.70. The van der Waals surface area contributed by atoms with Crippen LogP contribution in [0.1, 0.15) is 26.5 Å². The molecule has 1 rings (SSSR count). The van der Waals surface area contributed by atoms with Gasteiger partial charge in [0.25, 0.3) is 0 Å². The standard InChI is InChI=1S/C10H14N2O3/c1-10(2,3)15-9(14)12-6-8(4-5-13)11-7-12/h5-7H,4H2,1-3H3. The topological polar surface area (TPSA) is 61.2 Å². The van der Waals surface area contributed by atoms with Crippen molar-refractivity contribution in [3.8, 4) is 0 Å². The molecule has 0 saturated heterocycles. The lowest BCUT2D eigenvalue weighted by atomic mass is 10.2. The molecule has 0 N–H and O–H groups in total. The molecule has 5 heteroatoms. The SMILES string of the molecule is CC(C)(C)OC(=O)n1cnc(CC=O)c1. The van der Waals surface area contributed by atoms with Gasteiger partial charge in [0.1, 0.15) is 18.2 Å². The van der Waals surface area contributed by atoms with Gasteiger partial charge in [-0.15, -0.1) is 0 Å². The van der Waals surface area contributed by atoms with Gasteiger partial charge >= 0.3 is 6.09 Å². The molecule has 0 aliphatic heterocycles. The summed E-state index contributed by atoms with van der Waals surface area (Å²) in [6, 6.07) is 0. The second kappa shape index (κ2) is 4.25. The number of ether oxygens (including phenoxy) is 1. The number of aldehydes is 1. The monoisotopic (exact) mass is 210 g/mol. The molecule has 0 spiro atoms. The normalized spacial score (nSPS) is 11.1. The van der Waals surface area contributed by atoms with Gasteiger partial charge in [-0.3, -0.25) is 0 Å². The van der Waals surface area contributed by atoms with E-state index in [0.29, 0.717) is 5.69 Å². The highest BCUT2D eigenvalue weighted by molar-refractivity contribution is 5.71. The van der Waals surface area contributed by atoms with E-state index < -0.39 is 11.7 Å². The number of hydrogen-bond acceptors (Lipinski definition) is 4. The summed E-state index contributed by atoms with van der Waals surface area (Å²) in [4.78, 5) is 25.6. The van der Waals surface area contributed by atoms with E-state index in [9.17, 15) is 9.59 Å². The molecule has 0 aromatic carbocycles. The smallest absolute Gasteiger partial charge is 0.419 e. The highest BCUT2D eigenvalue weighted by Gasteiger charge is 2.17. The average Bonchev–Trinajstić information content (AvgIpc) is 2.50. The summed E-state index contributed by atoms with van der Waals surface area (Å²) < 4.78 is 6.34. The molecule has 0 fully saturated rings. The first-order chi connectivity index (χ1) is 6.92. The number of imidazole rings is 1. The number of rotatable bonds is 2. The van der Waals surface area contributed by atoms with Gasteiger partial charge in [-0.2, -0.15) is 0 Å². The number of aromatic nitrogens is 2. The van der Waals surface area contributed by atoms with Crippen LogP contribution in [0.15, 0.2) is 12.5 Å². The number of carbonyl (C=O) groups excluding carboxylic acids is 2. The average molecular weight is 210 g/mol. The van der Waals surface area contributed by atoms with Gasteiger partial charge in [0.15, 0.2) is 0 Å². The van der Waals surface area contributed by atoms with Crippen molar-refractivity contribution in [1.82, 2.24) is 9.55 Å². The maximum absolute atomic E-state index is 11.5. The Kier molecular flexibility index (Phi) is 3.24. The molecule has 0 saturated carbocycles. The first kappa shape index (κ1) is 11.4. The summed E-state index contributed by atoms with van der Waals surface area (Å²) in [5, 5.41) is 0. The molecule has 5 nitrogen and oxygen atoms in total. The molecule has 0 aliphatic rings. The van der Waals surface area contributed by atoms with Gasteiger partial charge in [0, 0.05) is 12.6 Å². The van der Waals surface area contributed by atoms with Crippen LogP contribution in [0.2, 0.25) is 0 Å². The Morgan fingerprint density at radius 3 is 2.80 bits per heavy atom. The van der Waals surface area contributed by atoms with Crippen LogP contribution in [0.4, 0.5) is 4.79 Å². The van der Waals surface area contributed by atoms with Gasteiger partial charge in [0.2, 0.25) is 0 Å². The largest absolute Gasteiger partial charge is 0.443 e. The molecule has 0 amide bonds. The van der Waals surface area contributed by atoms with Crippen LogP contribution in [0.5, 0.6) is 0 Å². The van der Waals surface area contributed by atoms with Crippen molar-refractivity contribution in [1.29, 1.82) is 0 Å². The quantitative estimate of drug-likeness (QED) is 0.692. The van der Waals surface area contributed by atoms with E-state index in [1.165, 1.54) is 17.1 Å². The van der Waals surface area contributed by atoms with E-state index in [2.05, 4.69) is 4.98 Å². The van der Waals surface area contributed by atoms with Gasteiger partial charge in [-0.1, -0.05) is 0 Å². The molecule has 15 heavy (non-hydrogen) atoms. The Bertz CT molecular complexity index is 363. The van der Waals surface area contributed by atoms with Crippen molar-refractivity contribution < 1.29 is 14.3 Å². The fraction of sp³-hybridized carbons (Fsp3) is 0.500. The molecule has 82 valence electrons. The summed E-state index contributed by atoms with van der Waals surface area (Å²) >= 11 is 0. The molecule has 1 aromatic heterocycles. The van der Waals surface area contributed by atoms with E-state index in [1.807, 2.05) is 0 Å². The lowest BCUT2D eigenvalue weighted by molar-refractivity contribution is -0.107. The maximum atomic E-state index is 11.5. The van der Waals surface area contributed by atoms with Crippen LogP contribution in [0, 0.1) is 0 Å². The minimum absolute atomic E-state index is 0.204. The predicted octanol–water partition coefficient (Wildman–Crippen LogP) is 1.41.